The van der Waals surface area contributed by atoms with Crippen LogP contribution in [0.15, 0.2) is 16.5 Å². The highest BCUT2D eigenvalue weighted by molar-refractivity contribution is 5.10. The van der Waals surface area contributed by atoms with Gasteiger partial charge >= 0.3 is 0 Å². The Labute approximate surface area is 64.0 Å². The summed E-state index contributed by atoms with van der Waals surface area (Å²) in [5, 5.41) is 0. The summed E-state index contributed by atoms with van der Waals surface area (Å²) in [6.45, 7) is 3.79. The molecule has 0 saturated heterocycles. The van der Waals surface area contributed by atoms with Crippen LogP contribution >= 0.6 is 0 Å². The van der Waals surface area contributed by atoms with Gasteiger partial charge in [0.25, 0.3) is 6.43 Å². The molecule has 1 aromatic heterocycles. The third kappa shape index (κ3) is 1.79. The summed E-state index contributed by atoms with van der Waals surface area (Å²) in [7, 11) is 0. The number of hydrogen-bond donors (Lipinski definition) is 0. The zero-order valence-corrected chi connectivity index (χ0v) is 6.47. The van der Waals surface area contributed by atoms with E-state index in [9.17, 15) is 8.78 Å². The molecule has 0 aliphatic heterocycles. The molecule has 0 amide bonds. The minimum Gasteiger partial charge on any atom is -0.460 e. The summed E-state index contributed by atoms with van der Waals surface area (Å²) in [5.74, 6) is 0.538. The molecule has 0 aliphatic rings. The Morgan fingerprint density at radius 2 is 1.73 bits per heavy atom. The van der Waals surface area contributed by atoms with Crippen molar-refractivity contribution in [3.05, 3.63) is 23.7 Å². The smallest absolute Gasteiger partial charge is 0.295 e. The van der Waals surface area contributed by atoms with Crippen LogP contribution in [0.25, 0.3) is 0 Å². The molecule has 3 heteroatoms. The maximum Gasteiger partial charge on any atom is 0.295 e. The first-order valence-corrected chi connectivity index (χ1v) is 3.49. The van der Waals surface area contributed by atoms with Crippen LogP contribution in [0.4, 0.5) is 8.78 Å². The van der Waals surface area contributed by atoms with Gasteiger partial charge in [0.2, 0.25) is 0 Å². The number of alkyl halides is 2. The van der Waals surface area contributed by atoms with E-state index in [0.717, 1.165) is 0 Å². The normalized spacial score (nSPS) is 11.5. The highest BCUT2D eigenvalue weighted by Crippen LogP contribution is 2.24. The van der Waals surface area contributed by atoms with E-state index in [4.69, 9.17) is 4.42 Å². The Bertz CT molecular complexity index is 205. The number of halogens is 2. The fourth-order valence-electron chi connectivity index (χ4n) is 0.796. The first kappa shape index (κ1) is 8.24. The van der Waals surface area contributed by atoms with Crippen LogP contribution in [0.5, 0.6) is 0 Å². The lowest BCUT2D eigenvalue weighted by Crippen LogP contribution is -1.82. The first-order valence-electron chi connectivity index (χ1n) is 3.49. The minimum atomic E-state index is -2.50. The van der Waals surface area contributed by atoms with Crippen molar-refractivity contribution in [2.75, 3.05) is 0 Å². The summed E-state index contributed by atoms with van der Waals surface area (Å²) in [6, 6.07) is 2.91. The van der Waals surface area contributed by atoms with Crippen molar-refractivity contribution in [1.82, 2.24) is 0 Å². The SMILES string of the molecule is CC(C)c1ccc(C(F)F)o1. The second kappa shape index (κ2) is 3.03. The maximum absolute atomic E-state index is 12.0. The molecule has 0 spiro atoms. The van der Waals surface area contributed by atoms with Gasteiger partial charge in [-0.3, -0.25) is 0 Å². The van der Waals surface area contributed by atoms with E-state index in [2.05, 4.69) is 0 Å². The highest BCUT2D eigenvalue weighted by atomic mass is 19.3. The predicted octanol–water partition coefficient (Wildman–Crippen LogP) is 3.34. The molecule has 11 heavy (non-hydrogen) atoms. The molecule has 1 nitrogen and oxygen atoms in total. The van der Waals surface area contributed by atoms with Gasteiger partial charge in [-0.05, 0) is 12.1 Å². The monoisotopic (exact) mass is 160 g/mol. The van der Waals surface area contributed by atoms with Gasteiger partial charge < -0.3 is 4.42 Å². The molecule has 1 aromatic rings. The van der Waals surface area contributed by atoms with Gasteiger partial charge in [-0.2, -0.15) is 0 Å². The van der Waals surface area contributed by atoms with Crippen LogP contribution < -0.4 is 0 Å². The summed E-state index contributed by atoms with van der Waals surface area (Å²) in [5.41, 5.74) is 0. The molecule has 0 atom stereocenters. The molecule has 0 fully saturated rings. The van der Waals surface area contributed by atoms with E-state index < -0.39 is 6.43 Å². The lowest BCUT2D eigenvalue weighted by atomic mass is 10.2. The number of furan rings is 1. The van der Waals surface area contributed by atoms with Crippen molar-refractivity contribution in [3.8, 4) is 0 Å². The second-order valence-electron chi connectivity index (χ2n) is 2.70. The standard InChI is InChI=1S/C8H10F2O/c1-5(2)6-3-4-7(11-6)8(9)10/h3-5,8H,1-2H3. The average molecular weight is 160 g/mol. The number of hydrogen-bond acceptors (Lipinski definition) is 1. The largest absolute Gasteiger partial charge is 0.460 e. The van der Waals surface area contributed by atoms with Crippen LogP contribution in [0.3, 0.4) is 0 Å². The molecule has 62 valence electrons. The maximum atomic E-state index is 12.0. The zero-order chi connectivity index (χ0) is 8.43. The molecule has 1 heterocycles. The Morgan fingerprint density at radius 3 is 2.00 bits per heavy atom. The van der Waals surface area contributed by atoms with Crippen LogP contribution in [0.1, 0.15) is 37.7 Å². The van der Waals surface area contributed by atoms with Crippen molar-refractivity contribution >= 4 is 0 Å². The lowest BCUT2D eigenvalue weighted by molar-refractivity contribution is 0.119. The van der Waals surface area contributed by atoms with Gasteiger partial charge in [-0.1, -0.05) is 13.8 Å². The topological polar surface area (TPSA) is 13.1 Å². The average Bonchev–Trinajstić information content (AvgIpc) is 2.33. The van der Waals surface area contributed by atoms with Crippen LogP contribution in [-0.4, -0.2) is 0 Å². The van der Waals surface area contributed by atoms with Crippen LogP contribution in [0.2, 0.25) is 0 Å². The predicted molar refractivity (Wildman–Crippen MR) is 37.8 cm³/mol. The molecular weight excluding hydrogens is 150 g/mol. The fraction of sp³-hybridized carbons (Fsp3) is 0.500. The summed E-state index contributed by atoms with van der Waals surface area (Å²) < 4.78 is 28.8. The van der Waals surface area contributed by atoms with Crippen molar-refractivity contribution in [1.29, 1.82) is 0 Å². The molecule has 0 unspecified atom stereocenters. The van der Waals surface area contributed by atoms with Crippen LogP contribution in [0, 0.1) is 0 Å². The highest BCUT2D eigenvalue weighted by Gasteiger charge is 2.13. The fourth-order valence-corrected chi connectivity index (χ4v) is 0.796. The summed E-state index contributed by atoms with van der Waals surface area (Å²) in [4.78, 5) is 0. The van der Waals surface area contributed by atoms with Gasteiger partial charge in [0.05, 0.1) is 0 Å². The van der Waals surface area contributed by atoms with Crippen molar-refractivity contribution < 1.29 is 13.2 Å². The quantitative estimate of drug-likeness (QED) is 0.646. The Hall–Kier alpha value is -0.860. The van der Waals surface area contributed by atoms with Gasteiger partial charge in [-0.25, -0.2) is 8.78 Å². The van der Waals surface area contributed by atoms with E-state index in [-0.39, 0.29) is 11.7 Å². The van der Waals surface area contributed by atoms with Crippen molar-refractivity contribution in [2.45, 2.75) is 26.2 Å². The van der Waals surface area contributed by atoms with E-state index in [0.29, 0.717) is 5.76 Å². The van der Waals surface area contributed by atoms with E-state index in [1.165, 1.54) is 6.07 Å². The van der Waals surface area contributed by atoms with E-state index >= 15 is 0 Å². The second-order valence-corrected chi connectivity index (χ2v) is 2.70. The molecule has 0 N–H and O–H groups in total. The third-order valence-corrected chi connectivity index (χ3v) is 1.43. The molecule has 0 bridgehead atoms. The molecule has 0 radical (unpaired) electrons. The Balaban J connectivity index is 2.82. The van der Waals surface area contributed by atoms with E-state index in [1.54, 1.807) is 6.07 Å². The molecule has 0 aliphatic carbocycles. The van der Waals surface area contributed by atoms with E-state index in [1.807, 2.05) is 13.8 Å². The third-order valence-electron chi connectivity index (χ3n) is 1.43. The lowest BCUT2D eigenvalue weighted by Gasteiger charge is -1.97. The van der Waals surface area contributed by atoms with Crippen LogP contribution in [-0.2, 0) is 0 Å². The summed E-state index contributed by atoms with van der Waals surface area (Å²) in [6.07, 6.45) is -2.50. The van der Waals surface area contributed by atoms with Crippen molar-refractivity contribution in [3.63, 3.8) is 0 Å². The summed E-state index contributed by atoms with van der Waals surface area (Å²) >= 11 is 0. The van der Waals surface area contributed by atoms with Gasteiger partial charge in [0.15, 0.2) is 5.76 Å². The Morgan fingerprint density at radius 1 is 1.18 bits per heavy atom. The molecule has 0 aromatic carbocycles. The zero-order valence-electron chi connectivity index (χ0n) is 6.47. The molecule has 1 rings (SSSR count). The molecule has 0 saturated carbocycles. The first-order chi connectivity index (χ1) is 5.11. The number of rotatable bonds is 2. The minimum absolute atomic E-state index is 0.169. The Kier molecular flexibility index (Phi) is 2.27. The molecular formula is C8H10F2O. The van der Waals surface area contributed by atoms with Crippen molar-refractivity contribution in [2.24, 2.45) is 0 Å². The van der Waals surface area contributed by atoms with Gasteiger partial charge in [-0.15, -0.1) is 0 Å². The van der Waals surface area contributed by atoms with Gasteiger partial charge in [0, 0.05) is 5.92 Å². The van der Waals surface area contributed by atoms with Gasteiger partial charge in [0.1, 0.15) is 5.76 Å².